The molecule has 3 nitrogen and oxygen atoms in total. The molecule has 0 aliphatic rings. The van der Waals surface area contributed by atoms with Crippen LogP contribution in [0, 0.1) is 5.82 Å². The van der Waals surface area contributed by atoms with Crippen LogP contribution in [0.4, 0.5) is 10.1 Å². The van der Waals surface area contributed by atoms with E-state index in [0.29, 0.717) is 22.2 Å². The summed E-state index contributed by atoms with van der Waals surface area (Å²) < 4.78 is 23.6. The van der Waals surface area contributed by atoms with Gasteiger partial charge in [0.2, 0.25) is 0 Å². The fourth-order valence-electron chi connectivity index (χ4n) is 1.42. The van der Waals surface area contributed by atoms with E-state index in [1.165, 1.54) is 18.2 Å². The van der Waals surface area contributed by atoms with Gasteiger partial charge in [-0.25, -0.2) is 4.39 Å². The molecule has 0 amide bonds. The van der Waals surface area contributed by atoms with Crippen LogP contribution in [0.2, 0.25) is 5.02 Å². The van der Waals surface area contributed by atoms with Crippen molar-refractivity contribution in [3.8, 4) is 17.2 Å². The molecule has 5 heteroatoms. The van der Waals surface area contributed by atoms with Crippen LogP contribution in [0.15, 0.2) is 36.4 Å². The highest BCUT2D eigenvalue weighted by atomic mass is 35.5. The standard InChI is InChI=1S/C13H11ClFNO2/c1-17-9-3-5-12(11(16)7-9)18-13-6-8(15)2-4-10(13)14/h2-7H,16H2,1H3. The molecule has 2 rings (SSSR count). The van der Waals surface area contributed by atoms with Gasteiger partial charge in [0.15, 0.2) is 5.75 Å². The highest BCUT2D eigenvalue weighted by Gasteiger charge is 2.08. The fraction of sp³-hybridized carbons (Fsp3) is 0.0769. The number of anilines is 1. The second-order valence-corrected chi connectivity index (χ2v) is 3.99. The third-order valence-electron chi connectivity index (χ3n) is 2.33. The monoisotopic (exact) mass is 267 g/mol. The molecule has 0 aliphatic carbocycles. The third kappa shape index (κ3) is 2.65. The Morgan fingerprint density at radius 3 is 2.56 bits per heavy atom. The zero-order chi connectivity index (χ0) is 13.1. The summed E-state index contributed by atoms with van der Waals surface area (Å²) in [5, 5.41) is 0.312. The van der Waals surface area contributed by atoms with Crippen molar-refractivity contribution in [1.29, 1.82) is 0 Å². The van der Waals surface area contributed by atoms with E-state index in [2.05, 4.69) is 0 Å². The first-order valence-corrected chi connectivity index (χ1v) is 5.54. The Labute approximate surface area is 109 Å². The van der Waals surface area contributed by atoms with Gasteiger partial charge in [-0.15, -0.1) is 0 Å². The lowest BCUT2D eigenvalue weighted by Gasteiger charge is -2.11. The van der Waals surface area contributed by atoms with Crippen LogP contribution in [0.1, 0.15) is 0 Å². The highest BCUT2D eigenvalue weighted by molar-refractivity contribution is 6.32. The predicted octanol–water partition coefficient (Wildman–Crippen LogP) is 3.86. The van der Waals surface area contributed by atoms with Crippen LogP contribution < -0.4 is 15.2 Å². The molecule has 0 saturated heterocycles. The molecule has 18 heavy (non-hydrogen) atoms. The van der Waals surface area contributed by atoms with E-state index < -0.39 is 5.82 Å². The molecule has 0 saturated carbocycles. The summed E-state index contributed by atoms with van der Waals surface area (Å²) in [4.78, 5) is 0. The predicted molar refractivity (Wildman–Crippen MR) is 68.9 cm³/mol. The number of rotatable bonds is 3. The topological polar surface area (TPSA) is 44.5 Å². The Kier molecular flexibility index (Phi) is 3.58. The first-order chi connectivity index (χ1) is 8.60. The Hall–Kier alpha value is -1.94. The molecule has 0 atom stereocenters. The van der Waals surface area contributed by atoms with Crippen molar-refractivity contribution in [3.63, 3.8) is 0 Å². The molecule has 94 valence electrons. The zero-order valence-electron chi connectivity index (χ0n) is 9.61. The summed E-state index contributed by atoms with van der Waals surface area (Å²) in [7, 11) is 1.54. The van der Waals surface area contributed by atoms with Gasteiger partial charge < -0.3 is 15.2 Å². The quantitative estimate of drug-likeness (QED) is 0.859. The molecule has 2 N–H and O–H groups in total. The van der Waals surface area contributed by atoms with Crippen molar-refractivity contribution in [3.05, 3.63) is 47.2 Å². The normalized spacial score (nSPS) is 10.2. The summed E-state index contributed by atoms with van der Waals surface area (Å²) in [5.74, 6) is 0.795. The Morgan fingerprint density at radius 2 is 1.89 bits per heavy atom. The zero-order valence-corrected chi connectivity index (χ0v) is 10.4. The van der Waals surface area contributed by atoms with Gasteiger partial charge >= 0.3 is 0 Å². The highest BCUT2D eigenvalue weighted by Crippen LogP contribution is 2.34. The van der Waals surface area contributed by atoms with Crippen molar-refractivity contribution in [2.45, 2.75) is 0 Å². The van der Waals surface area contributed by atoms with Gasteiger partial charge in [-0.3, -0.25) is 0 Å². The molecule has 0 radical (unpaired) electrons. The maximum absolute atomic E-state index is 13.1. The van der Waals surface area contributed by atoms with Crippen LogP contribution in [0.3, 0.4) is 0 Å². The summed E-state index contributed by atoms with van der Waals surface area (Å²) in [6, 6.07) is 8.82. The molecule has 2 aromatic carbocycles. The second-order valence-electron chi connectivity index (χ2n) is 3.58. The summed E-state index contributed by atoms with van der Waals surface area (Å²) in [6.07, 6.45) is 0. The molecular weight excluding hydrogens is 257 g/mol. The van der Waals surface area contributed by atoms with Gasteiger partial charge in [-0.05, 0) is 24.3 Å². The van der Waals surface area contributed by atoms with Crippen LogP contribution in [0.5, 0.6) is 17.2 Å². The van der Waals surface area contributed by atoms with Crippen molar-refractivity contribution in [2.24, 2.45) is 0 Å². The summed E-state index contributed by atoms with van der Waals surface area (Å²) in [6.45, 7) is 0. The van der Waals surface area contributed by atoms with Crippen LogP contribution in [0.25, 0.3) is 0 Å². The number of methoxy groups -OCH3 is 1. The van der Waals surface area contributed by atoms with Crippen molar-refractivity contribution >= 4 is 17.3 Å². The molecular formula is C13H11ClFNO2. The molecule has 0 spiro atoms. The molecule has 0 bridgehead atoms. The molecule has 0 unspecified atom stereocenters. The van der Waals surface area contributed by atoms with Gasteiger partial charge in [0.1, 0.15) is 17.3 Å². The van der Waals surface area contributed by atoms with E-state index in [4.69, 9.17) is 26.8 Å². The SMILES string of the molecule is COc1ccc(Oc2cc(F)ccc2Cl)c(N)c1. The van der Waals surface area contributed by atoms with E-state index in [1.54, 1.807) is 25.3 Å². The maximum Gasteiger partial charge on any atom is 0.150 e. The van der Waals surface area contributed by atoms with E-state index in [1.807, 2.05) is 0 Å². The smallest absolute Gasteiger partial charge is 0.150 e. The average molecular weight is 268 g/mol. The number of halogens is 2. The van der Waals surface area contributed by atoms with E-state index in [9.17, 15) is 4.39 Å². The third-order valence-corrected chi connectivity index (χ3v) is 2.64. The van der Waals surface area contributed by atoms with Gasteiger partial charge in [0.25, 0.3) is 0 Å². The van der Waals surface area contributed by atoms with E-state index >= 15 is 0 Å². The number of hydrogen-bond acceptors (Lipinski definition) is 3. The summed E-state index contributed by atoms with van der Waals surface area (Å²) >= 11 is 5.90. The minimum Gasteiger partial charge on any atom is -0.497 e. The Bertz CT molecular complexity index is 575. The molecule has 0 fully saturated rings. The van der Waals surface area contributed by atoms with Crippen LogP contribution in [-0.4, -0.2) is 7.11 Å². The minimum atomic E-state index is -0.429. The van der Waals surface area contributed by atoms with Crippen LogP contribution in [-0.2, 0) is 0 Å². The largest absolute Gasteiger partial charge is 0.497 e. The van der Waals surface area contributed by atoms with Gasteiger partial charge in [0.05, 0.1) is 17.8 Å². The second kappa shape index (κ2) is 5.14. The van der Waals surface area contributed by atoms with Gasteiger partial charge in [-0.2, -0.15) is 0 Å². The Balaban J connectivity index is 2.31. The van der Waals surface area contributed by atoms with Crippen LogP contribution >= 0.6 is 11.6 Å². The van der Waals surface area contributed by atoms with E-state index in [-0.39, 0.29) is 5.75 Å². The number of hydrogen-bond donors (Lipinski definition) is 1. The number of nitrogen functional groups attached to an aromatic ring is 1. The molecule has 2 aromatic rings. The van der Waals surface area contributed by atoms with Crippen molar-refractivity contribution in [2.75, 3.05) is 12.8 Å². The number of ether oxygens (including phenoxy) is 2. The molecule has 0 aromatic heterocycles. The Morgan fingerprint density at radius 1 is 1.11 bits per heavy atom. The lowest BCUT2D eigenvalue weighted by atomic mass is 10.2. The fourth-order valence-corrected chi connectivity index (χ4v) is 1.58. The lowest BCUT2D eigenvalue weighted by Crippen LogP contribution is -1.94. The minimum absolute atomic E-state index is 0.216. The van der Waals surface area contributed by atoms with Gasteiger partial charge in [-0.1, -0.05) is 11.6 Å². The van der Waals surface area contributed by atoms with Crippen molar-refractivity contribution in [1.82, 2.24) is 0 Å². The first kappa shape index (κ1) is 12.5. The molecule has 0 aliphatic heterocycles. The summed E-state index contributed by atoms with van der Waals surface area (Å²) in [5.41, 5.74) is 6.18. The van der Waals surface area contributed by atoms with E-state index in [0.717, 1.165) is 0 Å². The lowest BCUT2D eigenvalue weighted by molar-refractivity contribution is 0.413. The van der Waals surface area contributed by atoms with Gasteiger partial charge in [0, 0.05) is 12.1 Å². The van der Waals surface area contributed by atoms with Crippen molar-refractivity contribution < 1.29 is 13.9 Å². The number of nitrogens with two attached hydrogens (primary N) is 1. The maximum atomic E-state index is 13.1. The first-order valence-electron chi connectivity index (χ1n) is 5.16. The number of benzene rings is 2. The average Bonchev–Trinajstić information content (AvgIpc) is 2.36. The molecule has 0 heterocycles.